The zero-order valence-corrected chi connectivity index (χ0v) is 7.66. The van der Waals surface area contributed by atoms with E-state index >= 15 is 0 Å². The molecule has 1 aliphatic heterocycles. The molecule has 2 rings (SSSR count). The van der Waals surface area contributed by atoms with Crippen molar-refractivity contribution in [1.29, 1.82) is 0 Å². The summed E-state index contributed by atoms with van der Waals surface area (Å²) in [4.78, 5) is 0. The van der Waals surface area contributed by atoms with Crippen LogP contribution in [0, 0.1) is 0 Å². The summed E-state index contributed by atoms with van der Waals surface area (Å²) < 4.78 is 8.97. The molecule has 5 heteroatoms. The van der Waals surface area contributed by atoms with Crippen LogP contribution in [0.5, 0.6) is 0 Å². The van der Waals surface area contributed by atoms with Gasteiger partial charge in [-0.2, -0.15) is 0 Å². The summed E-state index contributed by atoms with van der Waals surface area (Å²) in [6.07, 6.45) is 2.72. The molecule has 2 unspecified atom stereocenters. The van der Waals surface area contributed by atoms with Crippen molar-refractivity contribution in [2.24, 2.45) is 0 Å². The van der Waals surface area contributed by atoms with E-state index in [0.29, 0.717) is 29.6 Å². The van der Waals surface area contributed by atoms with Gasteiger partial charge in [-0.25, -0.2) is 0 Å². The third-order valence-electron chi connectivity index (χ3n) is 2.36. The predicted octanol–water partition coefficient (Wildman–Crippen LogP) is 0.0577. The summed E-state index contributed by atoms with van der Waals surface area (Å²) in [5.41, 5.74) is 1.38. The summed E-state index contributed by atoms with van der Waals surface area (Å²) >= 11 is 0.708. The Kier molecular flexibility index (Phi) is 2.44. The number of allylic oxidation sites excluding steroid dienone is 1. The minimum absolute atomic E-state index is 0.139. The molecule has 0 aromatic carbocycles. The van der Waals surface area contributed by atoms with Gasteiger partial charge in [0.2, 0.25) is 0 Å². The molecule has 72 valence electrons. The van der Waals surface area contributed by atoms with Crippen molar-refractivity contribution in [2.45, 2.75) is 24.1 Å². The standard InChI is InChI=1S/C8H11NO3S/c10-7-4-2-1-3-5(13-12)6(4)8(11)9-7/h1-2,5,7-12H,3H2/t5?,7?,8-/m0/s1. The van der Waals surface area contributed by atoms with Gasteiger partial charge >= 0.3 is 0 Å². The zero-order chi connectivity index (χ0) is 9.42. The van der Waals surface area contributed by atoms with Crippen molar-refractivity contribution >= 4 is 12.0 Å². The number of aliphatic hydroxyl groups excluding tert-OH is 2. The van der Waals surface area contributed by atoms with E-state index in [1.54, 1.807) is 6.08 Å². The lowest BCUT2D eigenvalue weighted by molar-refractivity contribution is 0.106. The Labute approximate surface area is 80.2 Å². The molecule has 0 spiro atoms. The Morgan fingerprint density at radius 3 is 2.85 bits per heavy atom. The molecule has 1 heterocycles. The Hall–Kier alpha value is -0.330. The highest BCUT2D eigenvalue weighted by Gasteiger charge is 2.35. The lowest BCUT2D eigenvalue weighted by Gasteiger charge is -2.19. The van der Waals surface area contributed by atoms with Gasteiger partial charge in [-0.3, -0.25) is 5.32 Å². The van der Waals surface area contributed by atoms with Crippen LogP contribution >= 0.6 is 12.0 Å². The highest BCUT2D eigenvalue weighted by molar-refractivity contribution is 7.94. The Bertz CT molecular complexity index is 277. The summed E-state index contributed by atoms with van der Waals surface area (Å²) in [6.45, 7) is 0. The van der Waals surface area contributed by atoms with Crippen LogP contribution < -0.4 is 5.32 Å². The Balaban J connectivity index is 2.34. The zero-order valence-electron chi connectivity index (χ0n) is 6.84. The maximum absolute atomic E-state index is 9.51. The van der Waals surface area contributed by atoms with Gasteiger partial charge in [0, 0.05) is 0 Å². The van der Waals surface area contributed by atoms with Crippen LogP contribution in [0.25, 0.3) is 0 Å². The predicted molar refractivity (Wildman–Crippen MR) is 49.9 cm³/mol. The van der Waals surface area contributed by atoms with Gasteiger partial charge in [0.1, 0.15) is 12.5 Å². The smallest absolute Gasteiger partial charge is 0.133 e. The molecule has 0 saturated heterocycles. The molecule has 0 bridgehead atoms. The summed E-state index contributed by atoms with van der Waals surface area (Å²) in [6, 6.07) is 0. The van der Waals surface area contributed by atoms with Crippen LogP contribution in [0.1, 0.15) is 6.42 Å². The van der Waals surface area contributed by atoms with Crippen LogP contribution in [0.2, 0.25) is 0 Å². The molecule has 2 aliphatic rings. The highest BCUT2D eigenvalue weighted by atomic mass is 32.2. The van der Waals surface area contributed by atoms with Crippen LogP contribution in [0.3, 0.4) is 0 Å². The fourth-order valence-corrected chi connectivity index (χ4v) is 2.32. The van der Waals surface area contributed by atoms with Crippen molar-refractivity contribution in [2.75, 3.05) is 0 Å². The van der Waals surface area contributed by atoms with Gasteiger partial charge in [-0.05, 0) is 29.6 Å². The van der Waals surface area contributed by atoms with E-state index in [1.165, 1.54) is 0 Å². The molecule has 4 nitrogen and oxygen atoms in total. The Morgan fingerprint density at radius 1 is 1.38 bits per heavy atom. The molecule has 3 atom stereocenters. The summed E-state index contributed by atoms with van der Waals surface area (Å²) in [7, 11) is 0. The van der Waals surface area contributed by atoms with Crippen LogP contribution in [0.4, 0.5) is 0 Å². The lowest BCUT2D eigenvalue weighted by atomic mass is 9.98. The van der Waals surface area contributed by atoms with Crippen molar-refractivity contribution in [1.82, 2.24) is 5.32 Å². The minimum atomic E-state index is -0.834. The van der Waals surface area contributed by atoms with Crippen molar-refractivity contribution in [3.63, 3.8) is 0 Å². The second-order valence-corrected chi connectivity index (χ2v) is 3.89. The van der Waals surface area contributed by atoms with Gasteiger partial charge in [0.05, 0.1) is 5.25 Å². The topological polar surface area (TPSA) is 72.7 Å². The van der Waals surface area contributed by atoms with Crippen molar-refractivity contribution in [3.8, 4) is 0 Å². The maximum atomic E-state index is 9.51. The normalized spacial score (nSPS) is 38.2. The number of hydrogen-bond acceptors (Lipinski definition) is 5. The fraction of sp³-hybridized carbons (Fsp3) is 0.500. The molecule has 0 aromatic rings. The molecule has 1 aliphatic carbocycles. The first-order valence-electron chi connectivity index (χ1n) is 4.07. The van der Waals surface area contributed by atoms with Gasteiger partial charge in [0.15, 0.2) is 0 Å². The number of nitrogens with one attached hydrogen (secondary N) is 1. The second kappa shape index (κ2) is 3.43. The van der Waals surface area contributed by atoms with Gasteiger partial charge in [0.25, 0.3) is 0 Å². The summed E-state index contributed by atoms with van der Waals surface area (Å²) in [5, 5.41) is 21.4. The second-order valence-electron chi connectivity index (χ2n) is 3.11. The van der Waals surface area contributed by atoms with E-state index in [4.69, 9.17) is 4.55 Å². The van der Waals surface area contributed by atoms with Gasteiger partial charge in [-0.1, -0.05) is 12.2 Å². The largest absolute Gasteiger partial charge is 0.374 e. The maximum Gasteiger partial charge on any atom is 0.133 e. The van der Waals surface area contributed by atoms with Crippen molar-refractivity contribution < 1.29 is 14.8 Å². The van der Waals surface area contributed by atoms with E-state index in [2.05, 4.69) is 5.32 Å². The number of rotatable bonds is 1. The SMILES string of the molecule is OSC1CC=CC2=C1[C@H](O)NC2O. The lowest BCUT2D eigenvalue weighted by Crippen LogP contribution is -2.33. The molecule has 4 N–H and O–H groups in total. The van der Waals surface area contributed by atoms with Crippen molar-refractivity contribution in [3.05, 3.63) is 23.3 Å². The molecule has 0 fully saturated rings. The molecule has 0 amide bonds. The van der Waals surface area contributed by atoms with Gasteiger partial charge in [-0.15, -0.1) is 0 Å². The average Bonchev–Trinajstić information content (AvgIpc) is 2.43. The van der Waals surface area contributed by atoms with E-state index in [1.807, 2.05) is 6.08 Å². The van der Waals surface area contributed by atoms with E-state index in [0.717, 1.165) is 0 Å². The quantitative estimate of drug-likeness (QED) is 0.451. The third-order valence-corrected chi connectivity index (χ3v) is 3.06. The van der Waals surface area contributed by atoms with Crippen LogP contribution in [-0.2, 0) is 0 Å². The van der Waals surface area contributed by atoms with E-state index in [-0.39, 0.29) is 5.25 Å². The molecule has 0 aromatic heterocycles. The first kappa shape index (κ1) is 9.23. The van der Waals surface area contributed by atoms with Crippen LogP contribution in [0.15, 0.2) is 23.3 Å². The van der Waals surface area contributed by atoms with E-state index < -0.39 is 12.5 Å². The number of hydrogen-bond donors (Lipinski definition) is 4. The minimum Gasteiger partial charge on any atom is -0.374 e. The highest BCUT2D eigenvalue weighted by Crippen LogP contribution is 2.34. The first-order chi connectivity index (χ1) is 6.24. The number of aliphatic hydroxyl groups is 2. The molecule has 13 heavy (non-hydrogen) atoms. The molecule has 0 saturated carbocycles. The first-order valence-corrected chi connectivity index (χ1v) is 4.90. The monoisotopic (exact) mass is 201 g/mol. The average molecular weight is 201 g/mol. The van der Waals surface area contributed by atoms with Gasteiger partial charge < -0.3 is 14.8 Å². The molecular weight excluding hydrogens is 190 g/mol. The Morgan fingerprint density at radius 2 is 2.15 bits per heavy atom. The van der Waals surface area contributed by atoms with Crippen LogP contribution in [-0.4, -0.2) is 32.5 Å². The molecular formula is C8H11NO3S. The third kappa shape index (κ3) is 1.43. The van der Waals surface area contributed by atoms with E-state index in [9.17, 15) is 10.2 Å². The molecule has 0 radical (unpaired) electrons. The summed E-state index contributed by atoms with van der Waals surface area (Å²) in [5.74, 6) is 0. The fourth-order valence-electron chi connectivity index (χ4n) is 1.74.